The molecule has 8 heteroatoms. The molecule has 150 valence electrons. The van der Waals surface area contributed by atoms with Crippen LogP contribution in [0.15, 0.2) is 30.3 Å². The Morgan fingerprint density at radius 2 is 1.50 bits per heavy atom. The van der Waals surface area contributed by atoms with Crippen LogP contribution in [0, 0.1) is 5.82 Å². The van der Waals surface area contributed by atoms with Gasteiger partial charge in [0.05, 0.1) is 13.2 Å². The van der Waals surface area contributed by atoms with E-state index >= 15 is 4.39 Å². The molecule has 0 N–H and O–H groups in total. The molecule has 2 saturated heterocycles. The van der Waals surface area contributed by atoms with Gasteiger partial charge in [-0.25, -0.2) is 0 Å². The Labute approximate surface area is 165 Å². The maximum absolute atomic E-state index is 15.1. The van der Waals surface area contributed by atoms with Crippen LogP contribution in [0.3, 0.4) is 0 Å². The maximum atomic E-state index is 15.1. The van der Waals surface area contributed by atoms with Gasteiger partial charge in [0.15, 0.2) is 11.6 Å². The van der Waals surface area contributed by atoms with Crippen LogP contribution in [0.2, 0.25) is 0 Å². The summed E-state index contributed by atoms with van der Waals surface area (Å²) in [5, 5.41) is 0. The third-order valence-corrected chi connectivity index (χ3v) is 5.22. The van der Waals surface area contributed by atoms with E-state index in [2.05, 4.69) is 44.0 Å². The molecule has 0 atom stereocenters. The highest BCUT2D eigenvalue weighted by molar-refractivity contribution is 5.57. The first-order valence-corrected chi connectivity index (χ1v) is 9.76. The Bertz CT molecular complexity index is 789. The Morgan fingerprint density at radius 3 is 2.14 bits per heavy atom. The van der Waals surface area contributed by atoms with E-state index < -0.39 is 0 Å². The van der Waals surface area contributed by atoms with Crippen molar-refractivity contribution in [3.63, 3.8) is 0 Å². The van der Waals surface area contributed by atoms with E-state index in [0.717, 1.165) is 26.2 Å². The molecule has 28 heavy (non-hydrogen) atoms. The van der Waals surface area contributed by atoms with Crippen LogP contribution >= 0.6 is 0 Å². The second-order valence-electron chi connectivity index (χ2n) is 7.29. The molecule has 0 bridgehead atoms. The predicted octanol–water partition coefficient (Wildman–Crippen LogP) is 1.84. The van der Waals surface area contributed by atoms with Crippen LogP contribution in [-0.2, 0) is 4.74 Å². The molecule has 3 heterocycles. The first kappa shape index (κ1) is 18.7. The van der Waals surface area contributed by atoms with Crippen molar-refractivity contribution in [2.45, 2.75) is 0 Å². The quantitative estimate of drug-likeness (QED) is 0.795. The molecule has 7 nitrogen and oxygen atoms in total. The minimum absolute atomic E-state index is 0.331. The lowest BCUT2D eigenvalue weighted by Gasteiger charge is -2.37. The Kier molecular flexibility index (Phi) is 5.47. The molecule has 1 aromatic carbocycles. The molecule has 2 aromatic rings. The summed E-state index contributed by atoms with van der Waals surface area (Å²) in [4.78, 5) is 17.3. The molecule has 4 rings (SSSR count). The average Bonchev–Trinajstić information content (AvgIpc) is 2.75. The summed E-state index contributed by atoms with van der Waals surface area (Å²) in [5.74, 6) is 0.942. The summed E-state index contributed by atoms with van der Waals surface area (Å²) >= 11 is 0. The number of hydrogen-bond acceptors (Lipinski definition) is 7. The van der Waals surface area contributed by atoms with Gasteiger partial charge in [-0.15, -0.1) is 0 Å². The monoisotopic (exact) mass is 386 g/mol. The second kappa shape index (κ2) is 8.18. The van der Waals surface area contributed by atoms with Gasteiger partial charge >= 0.3 is 0 Å². The molecule has 0 radical (unpaired) electrons. The highest BCUT2D eigenvalue weighted by Crippen LogP contribution is 2.28. The van der Waals surface area contributed by atoms with E-state index in [9.17, 15) is 0 Å². The van der Waals surface area contributed by atoms with Gasteiger partial charge in [0.1, 0.15) is 0 Å². The fraction of sp³-hybridized carbons (Fsp3) is 0.500. The molecule has 0 amide bonds. The molecular formula is C20H27FN6O. The fourth-order valence-corrected chi connectivity index (χ4v) is 3.64. The number of piperazine rings is 1. The number of halogens is 1. The van der Waals surface area contributed by atoms with Gasteiger partial charge in [-0.1, -0.05) is 18.2 Å². The Balaban J connectivity index is 1.56. The Morgan fingerprint density at radius 1 is 0.857 bits per heavy atom. The highest BCUT2D eigenvalue weighted by atomic mass is 19.1. The van der Waals surface area contributed by atoms with Gasteiger partial charge < -0.3 is 24.3 Å². The van der Waals surface area contributed by atoms with Crippen molar-refractivity contribution in [3.05, 3.63) is 36.1 Å². The SMILES string of the molecule is CN(C)c1nc(N2CCN(c3ccccc3)CC2)nc(N2CCOCC2)c1F. The number of aromatic nitrogens is 2. The van der Waals surface area contributed by atoms with Gasteiger partial charge in [0.2, 0.25) is 11.8 Å². The molecule has 1 aromatic heterocycles. The summed E-state index contributed by atoms with van der Waals surface area (Å²) in [6.07, 6.45) is 0. The van der Waals surface area contributed by atoms with Crippen LogP contribution in [0.25, 0.3) is 0 Å². The van der Waals surface area contributed by atoms with Crippen LogP contribution in [0.1, 0.15) is 0 Å². The summed E-state index contributed by atoms with van der Waals surface area (Å²) < 4.78 is 20.5. The largest absolute Gasteiger partial charge is 0.378 e. The van der Waals surface area contributed by atoms with Crippen LogP contribution in [-0.4, -0.2) is 76.5 Å². The molecule has 0 saturated carbocycles. The standard InChI is InChI=1S/C20H27FN6O/c1-24(2)18-17(21)19(26-12-14-28-15-13-26)23-20(22-18)27-10-8-25(9-11-27)16-6-4-3-5-7-16/h3-7H,8-15H2,1-2H3. The fourth-order valence-electron chi connectivity index (χ4n) is 3.64. The Hall–Kier alpha value is -2.61. The lowest BCUT2D eigenvalue weighted by molar-refractivity contribution is 0.122. The van der Waals surface area contributed by atoms with Gasteiger partial charge in [-0.05, 0) is 12.1 Å². The van der Waals surface area contributed by atoms with E-state index in [1.165, 1.54) is 5.69 Å². The minimum atomic E-state index is -0.362. The molecule has 0 aliphatic carbocycles. The lowest BCUT2D eigenvalue weighted by atomic mass is 10.2. The van der Waals surface area contributed by atoms with Gasteiger partial charge in [0, 0.05) is 59.1 Å². The topological polar surface area (TPSA) is 48.0 Å². The molecule has 2 aliphatic heterocycles. The van der Waals surface area contributed by atoms with E-state index in [1.54, 1.807) is 4.90 Å². The number of hydrogen-bond donors (Lipinski definition) is 0. The van der Waals surface area contributed by atoms with E-state index in [-0.39, 0.29) is 5.82 Å². The van der Waals surface area contributed by atoms with Gasteiger partial charge in [-0.2, -0.15) is 14.4 Å². The van der Waals surface area contributed by atoms with Crippen LogP contribution in [0.5, 0.6) is 0 Å². The lowest BCUT2D eigenvalue weighted by Crippen LogP contribution is -2.47. The third kappa shape index (κ3) is 3.82. The average molecular weight is 386 g/mol. The zero-order chi connectivity index (χ0) is 19.5. The van der Waals surface area contributed by atoms with Crippen LogP contribution in [0.4, 0.5) is 27.7 Å². The van der Waals surface area contributed by atoms with E-state index in [1.807, 2.05) is 25.1 Å². The van der Waals surface area contributed by atoms with Crippen molar-refractivity contribution < 1.29 is 9.13 Å². The number of benzene rings is 1. The number of anilines is 4. The zero-order valence-corrected chi connectivity index (χ0v) is 16.5. The number of para-hydroxylation sites is 1. The second-order valence-corrected chi connectivity index (χ2v) is 7.29. The number of morpholine rings is 1. The van der Waals surface area contributed by atoms with Crippen molar-refractivity contribution in [3.8, 4) is 0 Å². The normalized spacial score (nSPS) is 17.8. The summed E-state index contributed by atoms with van der Waals surface area (Å²) in [7, 11) is 3.62. The summed E-state index contributed by atoms with van der Waals surface area (Å²) in [6, 6.07) is 10.4. The van der Waals surface area contributed by atoms with Crippen molar-refractivity contribution in [2.75, 3.05) is 86.2 Å². The smallest absolute Gasteiger partial charge is 0.229 e. The predicted molar refractivity (Wildman–Crippen MR) is 110 cm³/mol. The third-order valence-electron chi connectivity index (χ3n) is 5.22. The van der Waals surface area contributed by atoms with Crippen LogP contribution < -0.4 is 19.6 Å². The summed E-state index contributed by atoms with van der Waals surface area (Å²) in [6.45, 7) is 5.83. The molecular weight excluding hydrogens is 359 g/mol. The van der Waals surface area contributed by atoms with E-state index in [4.69, 9.17) is 4.74 Å². The molecule has 0 unspecified atom stereocenters. The zero-order valence-electron chi connectivity index (χ0n) is 16.5. The minimum Gasteiger partial charge on any atom is -0.378 e. The van der Waals surface area contributed by atoms with Gasteiger partial charge in [0.25, 0.3) is 0 Å². The number of rotatable bonds is 4. The first-order valence-electron chi connectivity index (χ1n) is 9.76. The van der Waals surface area contributed by atoms with Crippen molar-refractivity contribution in [2.24, 2.45) is 0 Å². The van der Waals surface area contributed by atoms with Gasteiger partial charge in [-0.3, -0.25) is 0 Å². The maximum Gasteiger partial charge on any atom is 0.229 e. The molecule has 2 fully saturated rings. The first-order chi connectivity index (χ1) is 13.6. The van der Waals surface area contributed by atoms with Crippen molar-refractivity contribution in [1.82, 2.24) is 9.97 Å². The molecule has 2 aliphatic rings. The number of nitrogens with zero attached hydrogens (tertiary/aromatic N) is 6. The van der Waals surface area contributed by atoms with E-state index in [0.29, 0.717) is 43.9 Å². The van der Waals surface area contributed by atoms with Crippen molar-refractivity contribution in [1.29, 1.82) is 0 Å². The highest BCUT2D eigenvalue weighted by Gasteiger charge is 2.26. The number of ether oxygens (including phenoxy) is 1. The summed E-state index contributed by atoms with van der Waals surface area (Å²) in [5.41, 5.74) is 1.23. The molecule has 0 spiro atoms. The van der Waals surface area contributed by atoms with Crippen molar-refractivity contribution >= 4 is 23.3 Å².